The van der Waals surface area contributed by atoms with Crippen LogP contribution in [-0.2, 0) is 4.79 Å². The van der Waals surface area contributed by atoms with Crippen LogP contribution in [0.5, 0.6) is 17.4 Å². The van der Waals surface area contributed by atoms with Crippen LogP contribution >= 0.6 is 0 Å². The highest BCUT2D eigenvalue weighted by Crippen LogP contribution is 2.36. The molecule has 0 fully saturated rings. The number of ether oxygens (including phenoxy) is 2. The molecule has 2 aromatic carbocycles. The molecule has 0 aliphatic rings. The minimum atomic E-state index is -0.556. The number of carbonyl (C=O) groups is 1. The molecule has 3 rings (SSSR count). The maximum absolute atomic E-state index is 12.0. The van der Waals surface area contributed by atoms with Crippen molar-refractivity contribution in [3.8, 4) is 17.4 Å². The fourth-order valence-corrected chi connectivity index (χ4v) is 2.59. The lowest BCUT2D eigenvalue weighted by Gasteiger charge is -2.05. The molecule has 140 valence electrons. The van der Waals surface area contributed by atoms with E-state index in [1.165, 1.54) is 0 Å². The minimum absolute atomic E-state index is 0.126. The molecule has 0 aliphatic heterocycles. The van der Waals surface area contributed by atoms with E-state index in [1.807, 2.05) is 18.2 Å². The smallest absolute Gasteiger partial charge is 0.302 e. The average Bonchev–Trinajstić information content (AvgIpc) is 2.99. The van der Waals surface area contributed by atoms with E-state index in [2.05, 4.69) is 29.1 Å². The summed E-state index contributed by atoms with van der Waals surface area (Å²) in [7, 11) is 1.57. The normalized spacial score (nSPS) is 11.4. The van der Waals surface area contributed by atoms with E-state index >= 15 is 0 Å². The van der Waals surface area contributed by atoms with Crippen LogP contribution in [0.3, 0.4) is 0 Å². The summed E-state index contributed by atoms with van der Waals surface area (Å²) in [6.45, 7) is 3.90. The van der Waals surface area contributed by atoms with Crippen molar-refractivity contribution in [1.29, 1.82) is 0 Å². The average molecular weight is 367 g/mol. The van der Waals surface area contributed by atoms with Gasteiger partial charge in [-0.2, -0.15) is 0 Å². The summed E-state index contributed by atoms with van der Waals surface area (Å²) in [6.07, 6.45) is 0. The highest BCUT2D eigenvalue weighted by molar-refractivity contribution is 5.95. The van der Waals surface area contributed by atoms with Crippen LogP contribution in [0.4, 0.5) is 5.69 Å². The lowest BCUT2D eigenvalue weighted by molar-refractivity contribution is -0.120. The van der Waals surface area contributed by atoms with Gasteiger partial charge in [0.25, 0.3) is 0 Å². The Bertz CT molecular complexity index is 975. The Kier molecular flexibility index (Phi) is 5.40. The summed E-state index contributed by atoms with van der Waals surface area (Å²) in [5.41, 5.74) is 2.07. The predicted molar refractivity (Wildman–Crippen MR) is 102 cm³/mol. The molecule has 27 heavy (non-hydrogen) atoms. The number of methoxy groups -OCH3 is 1. The number of aromatic amines is 1. The lowest BCUT2D eigenvalue weighted by Crippen LogP contribution is -2.07. The Morgan fingerprint density at radius 1 is 1.15 bits per heavy atom. The first-order valence-electron chi connectivity index (χ1n) is 8.54. The maximum atomic E-state index is 12.0. The zero-order chi connectivity index (χ0) is 19.4. The number of rotatable bonds is 6. The van der Waals surface area contributed by atoms with Crippen LogP contribution < -0.4 is 9.47 Å². The van der Waals surface area contributed by atoms with Crippen LogP contribution in [0, 0.1) is 0 Å². The number of aromatic nitrogens is 1. The second-order valence-corrected chi connectivity index (χ2v) is 6.34. The molecule has 1 amide bonds. The van der Waals surface area contributed by atoms with E-state index in [-0.39, 0.29) is 18.2 Å². The van der Waals surface area contributed by atoms with Crippen molar-refractivity contribution in [2.45, 2.75) is 19.8 Å². The number of amides is 1. The molecule has 0 saturated carbocycles. The molecule has 0 aliphatic carbocycles. The molecule has 0 radical (unpaired) electrons. The zero-order valence-electron chi connectivity index (χ0n) is 15.4. The highest BCUT2D eigenvalue weighted by Gasteiger charge is 2.13. The third kappa shape index (κ3) is 4.25. The monoisotopic (exact) mass is 367 g/mol. The first kappa shape index (κ1) is 18.4. The SMILES string of the molecule is COc1ccc(OCC(=O)N=Nc2c(O)[nH]c3ccc(C(C)C)cc23)cc1. The molecule has 7 nitrogen and oxygen atoms in total. The van der Waals surface area contributed by atoms with Crippen LogP contribution in [0.2, 0.25) is 0 Å². The molecule has 1 heterocycles. The molecular formula is C20H21N3O4. The maximum Gasteiger partial charge on any atom is 0.302 e. The summed E-state index contributed by atoms with van der Waals surface area (Å²) in [5, 5.41) is 18.4. The van der Waals surface area contributed by atoms with Crippen molar-refractivity contribution in [3.63, 3.8) is 0 Å². The number of hydrogen-bond acceptors (Lipinski definition) is 5. The van der Waals surface area contributed by atoms with Crippen molar-refractivity contribution >= 4 is 22.5 Å². The van der Waals surface area contributed by atoms with Gasteiger partial charge in [-0.15, -0.1) is 10.2 Å². The van der Waals surface area contributed by atoms with Gasteiger partial charge in [0, 0.05) is 5.39 Å². The number of hydrogen-bond donors (Lipinski definition) is 2. The summed E-state index contributed by atoms with van der Waals surface area (Å²) in [5.74, 6) is 0.869. The van der Waals surface area contributed by atoms with Gasteiger partial charge in [-0.3, -0.25) is 4.79 Å². The van der Waals surface area contributed by atoms with Crippen molar-refractivity contribution in [2.24, 2.45) is 10.2 Å². The predicted octanol–water partition coefficient (Wildman–Crippen LogP) is 4.69. The van der Waals surface area contributed by atoms with E-state index in [0.29, 0.717) is 22.8 Å². The second-order valence-electron chi connectivity index (χ2n) is 6.34. The number of benzene rings is 2. The Morgan fingerprint density at radius 3 is 2.52 bits per heavy atom. The van der Waals surface area contributed by atoms with Gasteiger partial charge in [0.1, 0.15) is 11.5 Å². The molecule has 2 N–H and O–H groups in total. The topological polar surface area (TPSA) is 96.3 Å². The van der Waals surface area contributed by atoms with Gasteiger partial charge >= 0.3 is 5.91 Å². The van der Waals surface area contributed by atoms with Crippen molar-refractivity contribution in [3.05, 3.63) is 48.0 Å². The van der Waals surface area contributed by atoms with Gasteiger partial charge in [-0.05, 0) is 47.9 Å². The molecular weight excluding hydrogens is 346 g/mol. The van der Waals surface area contributed by atoms with Gasteiger partial charge in [-0.1, -0.05) is 19.9 Å². The lowest BCUT2D eigenvalue weighted by atomic mass is 10.0. The third-order valence-corrected chi connectivity index (χ3v) is 4.13. The van der Waals surface area contributed by atoms with E-state index in [9.17, 15) is 9.90 Å². The molecule has 1 aromatic heterocycles. The first-order valence-corrected chi connectivity index (χ1v) is 8.54. The molecule has 3 aromatic rings. The van der Waals surface area contributed by atoms with Crippen molar-refractivity contribution in [1.82, 2.24) is 4.98 Å². The fraction of sp³-hybridized carbons (Fsp3) is 0.250. The van der Waals surface area contributed by atoms with Crippen LogP contribution in [-0.4, -0.2) is 29.7 Å². The molecule has 0 unspecified atom stereocenters. The van der Waals surface area contributed by atoms with Gasteiger partial charge in [0.15, 0.2) is 12.3 Å². The Labute approximate surface area is 156 Å². The summed E-state index contributed by atoms with van der Waals surface area (Å²) in [6, 6.07) is 12.7. The third-order valence-electron chi connectivity index (χ3n) is 4.13. The van der Waals surface area contributed by atoms with Crippen LogP contribution in [0.1, 0.15) is 25.3 Å². The van der Waals surface area contributed by atoms with Gasteiger partial charge < -0.3 is 19.6 Å². The van der Waals surface area contributed by atoms with Gasteiger partial charge in [0.2, 0.25) is 5.88 Å². The second kappa shape index (κ2) is 7.90. The van der Waals surface area contributed by atoms with E-state index in [0.717, 1.165) is 11.1 Å². The Hall–Kier alpha value is -3.35. The summed E-state index contributed by atoms with van der Waals surface area (Å²) >= 11 is 0. The van der Waals surface area contributed by atoms with Crippen molar-refractivity contribution in [2.75, 3.05) is 13.7 Å². The van der Waals surface area contributed by atoms with E-state index in [4.69, 9.17) is 9.47 Å². The highest BCUT2D eigenvalue weighted by atomic mass is 16.5. The van der Waals surface area contributed by atoms with Gasteiger partial charge in [0.05, 0.1) is 12.6 Å². The molecule has 0 spiro atoms. The Balaban J connectivity index is 1.71. The molecule has 0 saturated heterocycles. The summed E-state index contributed by atoms with van der Waals surface area (Å²) in [4.78, 5) is 14.8. The van der Waals surface area contributed by atoms with Crippen LogP contribution in [0.15, 0.2) is 52.7 Å². The molecule has 7 heteroatoms. The minimum Gasteiger partial charge on any atom is -0.497 e. The number of fused-ring (bicyclic) bond motifs is 1. The number of nitrogens with one attached hydrogen (secondary N) is 1. The van der Waals surface area contributed by atoms with Gasteiger partial charge in [-0.25, -0.2) is 0 Å². The fourth-order valence-electron chi connectivity index (χ4n) is 2.59. The van der Waals surface area contributed by atoms with E-state index < -0.39 is 5.91 Å². The van der Waals surface area contributed by atoms with Crippen LogP contribution in [0.25, 0.3) is 10.9 Å². The Morgan fingerprint density at radius 2 is 1.85 bits per heavy atom. The molecule has 0 atom stereocenters. The summed E-state index contributed by atoms with van der Waals surface area (Å²) < 4.78 is 10.4. The van der Waals surface area contributed by atoms with E-state index in [1.54, 1.807) is 31.4 Å². The molecule has 0 bridgehead atoms. The standard InChI is InChI=1S/C20H21N3O4/c1-12(2)13-4-9-17-16(10-13)19(20(25)21-17)23-22-18(24)11-27-15-7-5-14(26-3)6-8-15/h4-10,12,21,25H,11H2,1-3H3. The quantitative estimate of drug-likeness (QED) is 0.618. The number of aromatic hydroxyl groups is 1. The number of azo groups is 1. The zero-order valence-corrected chi connectivity index (χ0v) is 15.4. The number of H-pyrrole nitrogens is 1. The number of carbonyl (C=O) groups excluding carboxylic acids is 1. The van der Waals surface area contributed by atoms with Crippen molar-refractivity contribution < 1.29 is 19.4 Å². The first-order chi connectivity index (χ1) is 13.0. The number of nitrogens with zero attached hydrogens (tertiary/aromatic N) is 2. The largest absolute Gasteiger partial charge is 0.497 e.